The van der Waals surface area contributed by atoms with Crippen molar-refractivity contribution in [3.8, 4) is 0 Å². The SMILES string of the molecule is O=C(Nc1ccccc1)NC1CCN(C(=O)c2ccnc(C(=O)O)c2)CC1. The van der Waals surface area contributed by atoms with Crippen LogP contribution in [0.5, 0.6) is 0 Å². The molecule has 3 amide bonds. The number of nitrogens with zero attached hydrogens (tertiary/aromatic N) is 2. The maximum Gasteiger partial charge on any atom is 0.354 e. The minimum atomic E-state index is -1.17. The summed E-state index contributed by atoms with van der Waals surface area (Å²) in [6, 6.07) is 11.7. The van der Waals surface area contributed by atoms with Crippen molar-refractivity contribution in [2.24, 2.45) is 0 Å². The number of rotatable bonds is 4. The molecular weight excluding hydrogens is 348 g/mol. The predicted molar refractivity (Wildman–Crippen MR) is 98.7 cm³/mol. The number of carboxylic acids is 1. The van der Waals surface area contributed by atoms with Crippen molar-refractivity contribution >= 4 is 23.6 Å². The number of amides is 3. The lowest BCUT2D eigenvalue weighted by Crippen LogP contribution is -2.47. The molecule has 0 aliphatic carbocycles. The van der Waals surface area contributed by atoms with E-state index in [4.69, 9.17) is 5.11 Å². The Morgan fingerprint density at radius 3 is 2.44 bits per heavy atom. The zero-order valence-electron chi connectivity index (χ0n) is 14.6. The fourth-order valence-electron chi connectivity index (χ4n) is 2.96. The van der Waals surface area contributed by atoms with Crippen LogP contribution in [0.3, 0.4) is 0 Å². The van der Waals surface area contributed by atoms with Gasteiger partial charge < -0.3 is 20.6 Å². The summed E-state index contributed by atoms with van der Waals surface area (Å²) in [5.74, 6) is -1.40. The van der Waals surface area contributed by atoms with Crippen LogP contribution < -0.4 is 10.6 Å². The van der Waals surface area contributed by atoms with Gasteiger partial charge in [0.05, 0.1) is 0 Å². The third kappa shape index (κ3) is 4.81. The number of carboxylic acid groups (broad SMARTS) is 1. The van der Waals surface area contributed by atoms with Crippen LogP contribution in [0.15, 0.2) is 48.7 Å². The summed E-state index contributed by atoms with van der Waals surface area (Å²) in [7, 11) is 0. The molecule has 3 N–H and O–H groups in total. The van der Waals surface area contributed by atoms with Gasteiger partial charge in [0.15, 0.2) is 0 Å². The van der Waals surface area contributed by atoms with Gasteiger partial charge in [-0.3, -0.25) is 4.79 Å². The molecule has 8 nitrogen and oxygen atoms in total. The van der Waals surface area contributed by atoms with E-state index in [0.717, 1.165) is 5.69 Å². The van der Waals surface area contributed by atoms with Crippen LogP contribution in [-0.2, 0) is 0 Å². The minimum Gasteiger partial charge on any atom is -0.477 e. The van der Waals surface area contributed by atoms with Gasteiger partial charge in [0.1, 0.15) is 5.69 Å². The Morgan fingerprint density at radius 2 is 1.78 bits per heavy atom. The van der Waals surface area contributed by atoms with E-state index in [2.05, 4.69) is 15.6 Å². The molecule has 1 aliphatic rings. The summed E-state index contributed by atoms with van der Waals surface area (Å²) in [6.07, 6.45) is 2.58. The highest BCUT2D eigenvalue weighted by Crippen LogP contribution is 2.15. The van der Waals surface area contributed by atoms with Crippen molar-refractivity contribution in [1.29, 1.82) is 0 Å². The number of urea groups is 1. The summed E-state index contributed by atoms with van der Waals surface area (Å²) in [5.41, 5.74) is 0.861. The lowest BCUT2D eigenvalue weighted by molar-refractivity contribution is 0.0690. The van der Waals surface area contributed by atoms with Crippen LogP contribution in [0.2, 0.25) is 0 Å². The van der Waals surface area contributed by atoms with Crippen molar-refractivity contribution in [3.05, 3.63) is 59.9 Å². The number of para-hydroxylation sites is 1. The number of piperidine rings is 1. The number of benzene rings is 1. The molecule has 3 rings (SSSR count). The van der Waals surface area contributed by atoms with Gasteiger partial charge in [-0.2, -0.15) is 0 Å². The summed E-state index contributed by atoms with van der Waals surface area (Å²) in [6.45, 7) is 0.972. The summed E-state index contributed by atoms with van der Waals surface area (Å²) < 4.78 is 0. The lowest BCUT2D eigenvalue weighted by Gasteiger charge is -2.32. The standard InChI is InChI=1S/C19H20N4O4/c24-17(13-6-9-20-16(12-13)18(25)26)23-10-7-15(8-11-23)22-19(27)21-14-4-2-1-3-5-14/h1-6,9,12,15H,7-8,10-11H2,(H,25,26)(H2,21,22,27). The first-order valence-electron chi connectivity index (χ1n) is 8.64. The average molecular weight is 368 g/mol. The number of aromatic carboxylic acids is 1. The lowest BCUT2D eigenvalue weighted by atomic mass is 10.0. The number of hydrogen-bond donors (Lipinski definition) is 3. The molecule has 1 fully saturated rings. The third-order valence-corrected chi connectivity index (χ3v) is 4.38. The van der Waals surface area contributed by atoms with E-state index in [1.54, 1.807) is 17.0 Å². The van der Waals surface area contributed by atoms with Crippen LogP contribution in [0.1, 0.15) is 33.7 Å². The van der Waals surface area contributed by atoms with Gasteiger partial charge in [0.25, 0.3) is 5.91 Å². The fraction of sp³-hybridized carbons (Fsp3) is 0.263. The third-order valence-electron chi connectivity index (χ3n) is 4.38. The summed E-state index contributed by atoms with van der Waals surface area (Å²) in [5, 5.41) is 14.7. The van der Waals surface area contributed by atoms with Crippen molar-refractivity contribution in [2.45, 2.75) is 18.9 Å². The van der Waals surface area contributed by atoms with Crippen LogP contribution in [0, 0.1) is 0 Å². The number of likely N-dealkylation sites (tertiary alicyclic amines) is 1. The van der Waals surface area contributed by atoms with Gasteiger partial charge >= 0.3 is 12.0 Å². The van der Waals surface area contributed by atoms with Gasteiger partial charge in [-0.1, -0.05) is 18.2 Å². The Kier molecular flexibility index (Phi) is 5.65. The molecule has 0 unspecified atom stereocenters. The highest BCUT2D eigenvalue weighted by Gasteiger charge is 2.25. The van der Waals surface area contributed by atoms with Crippen molar-refractivity contribution in [1.82, 2.24) is 15.2 Å². The van der Waals surface area contributed by atoms with Crippen LogP contribution in [0.4, 0.5) is 10.5 Å². The largest absolute Gasteiger partial charge is 0.477 e. The number of pyridine rings is 1. The number of nitrogens with one attached hydrogen (secondary N) is 2. The van der Waals surface area contributed by atoms with Gasteiger partial charge in [-0.05, 0) is 37.1 Å². The van der Waals surface area contributed by atoms with Crippen LogP contribution >= 0.6 is 0 Å². The van der Waals surface area contributed by atoms with Crippen molar-refractivity contribution in [2.75, 3.05) is 18.4 Å². The first kappa shape index (κ1) is 18.4. The quantitative estimate of drug-likeness (QED) is 0.766. The zero-order chi connectivity index (χ0) is 19.2. The van der Waals surface area contributed by atoms with Crippen LogP contribution in [-0.4, -0.2) is 52.0 Å². The molecule has 2 heterocycles. The van der Waals surface area contributed by atoms with E-state index in [1.807, 2.05) is 18.2 Å². The molecule has 0 atom stereocenters. The maximum atomic E-state index is 12.6. The molecule has 0 bridgehead atoms. The Bertz CT molecular complexity index is 833. The molecule has 2 aromatic rings. The molecular formula is C19H20N4O4. The highest BCUT2D eigenvalue weighted by atomic mass is 16.4. The normalized spacial score (nSPS) is 14.4. The van der Waals surface area contributed by atoms with Gasteiger partial charge in [-0.15, -0.1) is 0 Å². The van der Waals surface area contributed by atoms with Crippen molar-refractivity contribution in [3.63, 3.8) is 0 Å². The monoisotopic (exact) mass is 368 g/mol. The van der Waals surface area contributed by atoms with E-state index in [-0.39, 0.29) is 23.7 Å². The van der Waals surface area contributed by atoms with E-state index < -0.39 is 5.97 Å². The molecule has 27 heavy (non-hydrogen) atoms. The molecule has 1 aromatic carbocycles. The Balaban J connectivity index is 1.51. The van der Waals surface area contributed by atoms with Crippen LogP contribution in [0.25, 0.3) is 0 Å². The molecule has 1 aromatic heterocycles. The van der Waals surface area contributed by atoms with Crippen molar-refractivity contribution < 1.29 is 19.5 Å². The second kappa shape index (κ2) is 8.31. The molecule has 1 saturated heterocycles. The Morgan fingerprint density at radius 1 is 1.07 bits per heavy atom. The van der Waals surface area contributed by atoms with Gasteiger partial charge in [0.2, 0.25) is 0 Å². The first-order valence-corrected chi connectivity index (χ1v) is 8.64. The van der Waals surface area contributed by atoms with E-state index in [9.17, 15) is 14.4 Å². The average Bonchev–Trinajstić information content (AvgIpc) is 2.69. The van der Waals surface area contributed by atoms with E-state index in [1.165, 1.54) is 18.3 Å². The van der Waals surface area contributed by atoms with E-state index in [0.29, 0.717) is 31.5 Å². The van der Waals surface area contributed by atoms with Gasteiger partial charge in [0, 0.05) is 36.6 Å². The second-order valence-electron chi connectivity index (χ2n) is 6.27. The number of carbonyl (C=O) groups excluding carboxylic acids is 2. The van der Waals surface area contributed by atoms with Gasteiger partial charge in [-0.25, -0.2) is 14.6 Å². The highest BCUT2D eigenvalue weighted by molar-refractivity contribution is 5.96. The number of hydrogen-bond acceptors (Lipinski definition) is 4. The molecule has 140 valence electrons. The minimum absolute atomic E-state index is 0.0233. The topological polar surface area (TPSA) is 112 Å². The molecule has 0 saturated carbocycles. The maximum absolute atomic E-state index is 12.6. The van der Waals surface area contributed by atoms with E-state index >= 15 is 0 Å². The Labute approximate surface area is 156 Å². The molecule has 0 radical (unpaired) electrons. The molecule has 1 aliphatic heterocycles. The number of anilines is 1. The molecule has 8 heteroatoms. The summed E-state index contributed by atoms with van der Waals surface area (Å²) in [4.78, 5) is 41.0. The molecule has 0 spiro atoms. The first-order chi connectivity index (χ1) is 13.0. The fourth-order valence-corrected chi connectivity index (χ4v) is 2.96. The smallest absolute Gasteiger partial charge is 0.354 e. The summed E-state index contributed by atoms with van der Waals surface area (Å²) >= 11 is 0. The second-order valence-corrected chi connectivity index (χ2v) is 6.27. The predicted octanol–water partition coefficient (Wildman–Crippen LogP) is 2.21. The Hall–Kier alpha value is -3.42. The number of aromatic nitrogens is 1. The zero-order valence-corrected chi connectivity index (χ0v) is 14.6. The number of carbonyl (C=O) groups is 3.